The van der Waals surface area contributed by atoms with Gasteiger partial charge in [0.15, 0.2) is 0 Å². The second kappa shape index (κ2) is 9.13. The van der Waals surface area contributed by atoms with Crippen LogP contribution in [-0.2, 0) is 16.0 Å². The summed E-state index contributed by atoms with van der Waals surface area (Å²) in [5.74, 6) is 0.0817. The SMILES string of the molecule is C=C(C)CC/C=C/C(C)COC(=O)Cc1ccccc1. The van der Waals surface area contributed by atoms with Gasteiger partial charge in [0.2, 0.25) is 0 Å². The van der Waals surface area contributed by atoms with Gasteiger partial charge < -0.3 is 4.74 Å². The van der Waals surface area contributed by atoms with Gasteiger partial charge in [0.1, 0.15) is 0 Å². The fraction of sp³-hybridized carbons (Fsp3) is 0.389. The minimum absolute atomic E-state index is 0.168. The smallest absolute Gasteiger partial charge is 0.310 e. The molecule has 0 bridgehead atoms. The molecule has 0 amide bonds. The summed E-state index contributed by atoms with van der Waals surface area (Å²) in [6, 6.07) is 9.65. The molecule has 2 heteroatoms. The number of allylic oxidation sites excluding steroid dienone is 2. The Morgan fingerprint density at radius 3 is 2.70 bits per heavy atom. The Morgan fingerprint density at radius 2 is 2.05 bits per heavy atom. The monoisotopic (exact) mass is 272 g/mol. The summed E-state index contributed by atoms with van der Waals surface area (Å²) in [4.78, 5) is 11.7. The van der Waals surface area contributed by atoms with Crippen molar-refractivity contribution in [2.75, 3.05) is 6.61 Å². The Kier molecular flexibility index (Phi) is 7.41. The molecule has 1 aromatic rings. The Hall–Kier alpha value is -1.83. The summed E-state index contributed by atoms with van der Waals surface area (Å²) in [6.45, 7) is 8.39. The first kappa shape index (κ1) is 16.2. The molecule has 20 heavy (non-hydrogen) atoms. The van der Waals surface area contributed by atoms with Crippen LogP contribution in [0.3, 0.4) is 0 Å². The van der Waals surface area contributed by atoms with Crippen LogP contribution in [0.15, 0.2) is 54.6 Å². The number of benzene rings is 1. The molecule has 0 N–H and O–H groups in total. The van der Waals surface area contributed by atoms with Crippen LogP contribution in [0.5, 0.6) is 0 Å². The van der Waals surface area contributed by atoms with E-state index in [1.54, 1.807) is 0 Å². The summed E-state index contributed by atoms with van der Waals surface area (Å²) < 4.78 is 5.28. The number of hydrogen-bond donors (Lipinski definition) is 0. The van der Waals surface area contributed by atoms with Crippen LogP contribution < -0.4 is 0 Å². The van der Waals surface area contributed by atoms with Crippen LogP contribution in [0, 0.1) is 5.92 Å². The first-order valence-corrected chi connectivity index (χ1v) is 7.08. The molecular weight excluding hydrogens is 248 g/mol. The van der Waals surface area contributed by atoms with Crippen LogP contribution in [0.1, 0.15) is 32.3 Å². The summed E-state index contributed by atoms with van der Waals surface area (Å²) in [5, 5.41) is 0. The molecule has 0 fully saturated rings. The molecule has 2 nitrogen and oxygen atoms in total. The fourth-order valence-corrected chi connectivity index (χ4v) is 1.75. The maximum absolute atomic E-state index is 11.7. The molecule has 0 aliphatic heterocycles. The summed E-state index contributed by atoms with van der Waals surface area (Å²) in [6.07, 6.45) is 6.57. The van der Waals surface area contributed by atoms with Gasteiger partial charge in [0.05, 0.1) is 13.0 Å². The van der Waals surface area contributed by atoms with E-state index in [0.717, 1.165) is 18.4 Å². The molecule has 0 aliphatic rings. The second-order valence-corrected chi connectivity index (χ2v) is 5.25. The lowest BCUT2D eigenvalue weighted by Crippen LogP contribution is -2.12. The first-order chi connectivity index (χ1) is 9.58. The molecule has 0 radical (unpaired) electrons. The van der Waals surface area contributed by atoms with Crippen molar-refractivity contribution < 1.29 is 9.53 Å². The zero-order valence-electron chi connectivity index (χ0n) is 12.5. The largest absolute Gasteiger partial charge is 0.465 e. The van der Waals surface area contributed by atoms with E-state index in [0.29, 0.717) is 13.0 Å². The molecule has 1 atom stereocenters. The third kappa shape index (κ3) is 7.57. The van der Waals surface area contributed by atoms with Gasteiger partial charge in [0.25, 0.3) is 0 Å². The molecular formula is C18H24O2. The summed E-state index contributed by atoms with van der Waals surface area (Å²) in [5.41, 5.74) is 2.18. The predicted octanol–water partition coefficient (Wildman–Crippen LogP) is 4.32. The van der Waals surface area contributed by atoms with E-state index in [4.69, 9.17) is 4.74 Å². The van der Waals surface area contributed by atoms with Crippen LogP contribution in [0.2, 0.25) is 0 Å². The number of carbonyl (C=O) groups is 1. The van der Waals surface area contributed by atoms with Crippen molar-refractivity contribution in [3.8, 4) is 0 Å². The number of hydrogen-bond acceptors (Lipinski definition) is 2. The normalized spacial score (nSPS) is 12.3. The van der Waals surface area contributed by atoms with Gasteiger partial charge in [0, 0.05) is 5.92 Å². The van der Waals surface area contributed by atoms with E-state index in [-0.39, 0.29) is 11.9 Å². The number of ether oxygens (including phenoxy) is 1. The fourth-order valence-electron chi connectivity index (χ4n) is 1.75. The van der Waals surface area contributed by atoms with Crippen molar-refractivity contribution in [3.05, 3.63) is 60.2 Å². The molecule has 0 spiro atoms. The highest BCUT2D eigenvalue weighted by molar-refractivity contribution is 5.72. The van der Waals surface area contributed by atoms with Crippen LogP contribution >= 0.6 is 0 Å². The van der Waals surface area contributed by atoms with Crippen molar-refractivity contribution >= 4 is 5.97 Å². The van der Waals surface area contributed by atoms with Gasteiger partial charge in [-0.2, -0.15) is 0 Å². The number of carbonyl (C=O) groups excluding carboxylic acids is 1. The van der Waals surface area contributed by atoms with Gasteiger partial charge >= 0.3 is 5.97 Å². The van der Waals surface area contributed by atoms with Crippen LogP contribution in [0.25, 0.3) is 0 Å². The highest BCUT2D eigenvalue weighted by atomic mass is 16.5. The van der Waals surface area contributed by atoms with Gasteiger partial charge in [-0.15, -0.1) is 6.58 Å². The van der Waals surface area contributed by atoms with Gasteiger partial charge in [-0.3, -0.25) is 4.79 Å². The molecule has 1 unspecified atom stereocenters. The Balaban J connectivity index is 2.21. The predicted molar refractivity (Wildman–Crippen MR) is 83.5 cm³/mol. The van der Waals surface area contributed by atoms with Gasteiger partial charge in [-0.1, -0.05) is 55.0 Å². The van der Waals surface area contributed by atoms with Crippen molar-refractivity contribution in [2.24, 2.45) is 5.92 Å². The quantitative estimate of drug-likeness (QED) is 0.520. The minimum atomic E-state index is -0.168. The first-order valence-electron chi connectivity index (χ1n) is 7.08. The second-order valence-electron chi connectivity index (χ2n) is 5.25. The van der Waals surface area contributed by atoms with Crippen molar-refractivity contribution in [2.45, 2.75) is 33.1 Å². The average Bonchev–Trinajstić information content (AvgIpc) is 2.42. The Labute approximate surface area is 122 Å². The van der Waals surface area contributed by atoms with Gasteiger partial charge in [-0.25, -0.2) is 0 Å². The molecule has 0 aromatic heterocycles. The van der Waals surface area contributed by atoms with E-state index >= 15 is 0 Å². The number of esters is 1. The maximum atomic E-state index is 11.7. The van der Waals surface area contributed by atoms with Gasteiger partial charge in [-0.05, 0) is 25.3 Å². The van der Waals surface area contributed by atoms with E-state index in [9.17, 15) is 4.79 Å². The molecule has 1 rings (SSSR count). The van der Waals surface area contributed by atoms with Crippen molar-refractivity contribution in [3.63, 3.8) is 0 Å². The van der Waals surface area contributed by atoms with E-state index in [2.05, 4.69) is 18.7 Å². The lowest BCUT2D eigenvalue weighted by atomic mass is 10.1. The van der Waals surface area contributed by atoms with E-state index in [1.807, 2.05) is 44.2 Å². The van der Waals surface area contributed by atoms with E-state index < -0.39 is 0 Å². The Morgan fingerprint density at radius 1 is 1.35 bits per heavy atom. The lowest BCUT2D eigenvalue weighted by Gasteiger charge is -2.08. The minimum Gasteiger partial charge on any atom is -0.465 e. The third-order valence-electron chi connectivity index (χ3n) is 2.90. The number of rotatable bonds is 8. The zero-order valence-corrected chi connectivity index (χ0v) is 12.5. The average molecular weight is 272 g/mol. The highest BCUT2D eigenvalue weighted by Gasteiger charge is 2.06. The van der Waals surface area contributed by atoms with Crippen molar-refractivity contribution in [1.82, 2.24) is 0 Å². The topological polar surface area (TPSA) is 26.3 Å². The molecule has 0 heterocycles. The summed E-state index contributed by atoms with van der Waals surface area (Å²) >= 11 is 0. The zero-order chi connectivity index (χ0) is 14.8. The third-order valence-corrected chi connectivity index (χ3v) is 2.90. The highest BCUT2D eigenvalue weighted by Crippen LogP contribution is 2.06. The Bertz CT molecular complexity index is 446. The standard InChI is InChI=1S/C18H24O2/c1-15(2)9-7-8-10-16(3)14-20-18(19)13-17-11-5-4-6-12-17/h4-6,8,10-12,16H,1,7,9,13-14H2,2-3H3/b10-8+. The van der Waals surface area contributed by atoms with Crippen LogP contribution in [0.4, 0.5) is 0 Å². The molecule has 0 saturated carbocycles. The molecule has 0 saturated heterocycles. The maximum Gasteiger partial charge on any atom is 0.310 e. The van der Waals surface area contributed by atoms with Crippen LogP contribution in [-0.4, -0.2) is 12.6 Å². The molecule has 0 aliphatic carbocycles. The summed E-state index contributed by atoms with van der Waals surface area (Å²) in [7, 11) is 0. The van der Waals surface area contributed by atoms with Crippen molar-refractivity contribution in [1.29, 1.82) is 0 Å². The molecule has 1 aromatic carbocycles. The lowest BCUT2D eigenvalue weighted by molar-refractivity contribution is -0.143. The molecule has 108 valence electrons. The van der Waals surface area contributed by atoms with E-state index in [1.165, 1.54) is 5.57 Å².